The van der Waals surface area contributed by atoms with E-state index in [1.807, 2.05) is 0 Å². The van der Waals surface area contributed by atoms with Crippen LogP contribution in [0.4, 0.5) is 0 Å². The van der Waals surface area contributed by atoms with Crippen molar-refractivity contribution in [1.29, 1.82) is 0 Å². The van der Waals surface area contributed by atoms with Crippen molar-refractivity contribution in [2.45, 2.75) is 264 Å². The van der Waals surface area contributed by atoms with Crippen LogP contribution >= 0.6 is 23.2 Å². The minimum atomic E-state index is -2.09. The van der Waals surface area contributed by atoms with Gasteiger partial charge in [0.15, 0.2) is 66.5 Å². The maximum absolute atomic E-state index is 13.5. The van der Waals surface area contributed by atoms with Gasteiger partial charge in [0.2, 0.25) is 0 Å². The lowest BCUT2D eigenvalue weighted by Crippen LogP contribution is -2.72. The van der Waals surface area contributed by atoms with Crippen LogP contribution in [0, 0.1) is 6.92 Å². The number of methoxy groups -OCH3 is 4. The molecule has 0 amide bonds. The second-order valence-electron chi connectivity index (χ2n) is 24.7. The van der Waals surface area contributed by atoms with E-state index in [2.05, 4.69) is 0 Å². The maximum Gasteiger partial charge on any atom is 0.342 e. The van der Waals surface area contributed by atoms with E-state index in [1.165, 1.54) is 49.2 Å². The number of aliphatic hydroxyl groups is 6. The SMILES string of the molecule is COC[C@H]1O[C@@H](O[C@@H]2OC[C@@H]3O[C@]4(O[C@H]3[C@H]2O)O[C@H](C)[C@@](O)(C(C)=O)[C@@H]2OCO[C@H]24)[C@@H](OC)[C@@H](O)[C@@H]1O[C@@H]1O[C@H](C)[C@H](OC)[C@H](O[C@H]2C[C@@]3(C)OC4(C[C@@H](O)[C@H](O[C@H]5C[C@@H](O)[C@H](OC(=O)c6c(C)c(Cl)c(O)c(Cl)c6OC)[C@@H](C)O5)[C@@H](C)O4)O[C@@H]3[C@@H](C)O2)[C@H]1O. The summed E-state index contributed by atoms with van der Waals surface area (Å²) in [6.07, 6.45) is -32.4. The molecule has 0 aliphatic carbocycles. The number of carbonyl (C=O) groups excluding carboxylic acids is 2. The number of Topliss-reactive ketones (excluding diaryl/α,β-unsaturated/α-hetero) is 1. The molecule has 510 valence electrons. The number of phenols is 1. The van der Waals surface area contributed by atoms with Gasteiger partial charge in [-0.1, -0.05) is 23.2 Å². The van der Waals surface area contributed by atoms with Gasteiger partial charge in [-0.25, -0.2) is 4.79 Å². The number of aliphatic hydroxyl groups excluding tert-OH is 5. The van der Waals surface area contributed by atoms with Crippen molar-refractivity contribution in [1.82, 2.24) is 0 Å². The van der Waals surface area contributed by atoms with Crippen LogP contribution in [0.1, 0.15) is 83.7 Å². The van der Waals surface area contributed by atoms with Crippen LogP contribution in [0.2, 0.25) is 10.0 Å². The first kappa shape index (κ1) is 68.9. The summed E-state index contributed by atoms with van der Waals surface area (Å²) in [4.78, 5) is 26.2. The van der Waals surface area contributed by atoms with Gasteiger partial charge in [-0.15, -0.1) is 0 Å². The van der Waals surface area contributed by atoms with Crippen molar-refractivity contribution in [3.05, 3.63) is 21.2 Å². The summed E-state index contributed by atoms with van der Waals surface area (Å²) in [6, 6.07) is 0. The topological polar surface area (TPSA) is 379 Å². The lowest BCUT2D eigenvalue weighted by Gasteiger charge is -2.49. The Balaban J connectivity index is 0.701. The molecule has 33 heteroatoms. The van der Waals surface area contributed by atoms with Crippen LogP contribution in [0.3, 0.4) is 0 Å². The van der Waals surface area contributed by atoms with E-state index < -0.39 is 206 Å². The first-order chi connectivity index (χ1) is 42.6. The fraction of sp³-hybridized carbons (Fsp3) is 0.860. The number of carbonyl (C=O) groups is 2. The first-order valence-corrected chi connectivity index (χ1v) is 30.6. The predicted molar refractivity (Wildman–Crippen MR) is 294 cm³/mol. The Morgan fingerprint density at radius 3 is 2.00 bits per heavy atom. The number of halogens is 2. The highest BCUT2D eigenvalue weighted by atomic mass is 35.5. The molecule has 2 spiro atoms. The normalized spacial score (nSPS) is 49.3. The molecule has 31 nitrogen and oxygen atoms in total. The van der Waals surface area contributed by atoms with Crippen molar-refractivity contribution in [2.75, 3.05) is 48.4 Å². The van der Waals surface area contributed by atoms with E-state index >= 15 is 0 Å². The number of hydrogen-bond donors (Lipinski definition) is 7. The van der Waals surface area contributed by atoms with Crippen LogP contribution in [0.5, 0.6) is 11.5 Å². The summed E-state index contributed by atoms with van der Waals surface area (Å²) in [5.41, 5.74) is -3.28. The molecule has 10 heterocycles. The van der Waals surface area contributed by atoms with Gasteiger partial charge in [-0.05, 0) is 61.0 Å². The summed E-state index contributed by atoms with van der Waals surface area (Å²) < 4.78 is 134. The summed E-state index contributed by atoms with van der Waals surface area (Å²) in [5.74, 6) is -6.01. The van der Waals surface area contributed by atoms with Gasteiger partial charge < -0.3 is 140 Å². The average molecular weight is 1330 g/mol. The lowest BCUT2D eigenvalue weighted by atomic mass is 9.81. The highest BCUT2D eigenvalue weighted by Gasteiger charge is 2.72. The van der Waals surface area contributed by atoms with Gasteiger partial charge in [0.25, 0.3) is 5.97 Å². The number of rotatable bonds is 16. The molecule has 10 aliphatic heterocycles. The van der Waals surface area contributed by atoms with Crippen molar-refractivity contribution in [2.24, 2.45) is 0 Å². The summed E-state index contributed by atoms with van der Waals surface area (Å²) in [6.45, 7) is 11.9. The smallest absolute Gasteiger partial charge is 0.342 e. The third kappa shape index (κ3) is 12.1. The van der Waals surface area contributed by atoms with Gasteiger partial charge in [-0.2, -0.15) is 0 Å². The second kappa shape index (κ2) is 26.5. The first-order valence-electron chi connectivity index (χ1n) is 29.9. The van der Waals surface area contributed by atoms with Crippen LogP contribution in [0.15, 0.2) is 0 Å². The molecular formula is C57H82Cl2O31. The molecule has 0 bridgehead atoms. The number of ketones is 1. The fourth-order valence-electron chi connectivity index (χ4n) is 14.2. The zero-order valence-corrected chi connectivity index (χ0v) is 53.0. The van der Waals surface area contributed by atoms with Gasteiger partial charge in [-0.3, -0.25) is 4.79 Å². The number of hydrogen-bond acceptors (Lipinski definition) is 31. The molecule has 10 fully saturated rings. The molecule has 11 rings (SSSR count). The van der Waals surface area contributed by atoms with Crippen molar-refractivity contribution >= 4 is 35.0 Å². The van der Waals surface area contributed by atoms with E-state index in [-0.39, 0.29) is 66.2 Å². The van der Waals surface area contributed by atoms with E-state index in [0.717, 1.165) is 0 Å². The van der Waals surface area contributed by atoms with Crippen LogP contribution in [-0.4, -0.2) is 285 Å². The Hall–Kier alpha value is -2.50. The summed E-state index contributed by atoms with van der Waals surface area (Å²) in [5, 5.41) is 80.3. The zero-order chi connectivity index (χ0) is 65.0. The lowest BCUT2D eigenvalue weighted by molar-refractivity contribution is -0.428. The molecule has 0 aromatic heterocycles. The molecule has 10 saturated heterocycles. The quantitative estimate of drug-likeness (QED) is 0.106. The number of phenolic OH excluding ortho intramolecular Hbond substituents is 1. The molecule has 31 atom stereocenters. The molecule has 90 heavy (non-hydrogen) atoms. The molecular weight excluding hydrogens is 1250 g/mol. The molecule has 0 radical (unpaired) electrons. The molecule has 1 aromatic carbocycles. The van der Waals surface area contributed by atoms with Crippen molar-refractivity contribution in [3.8, 4) is 11.5 Å². The average Bonchev–Trinajstić information content (AvgIpc) is 1.53. The Bertz CT molecular complexity index is 2710. The highest BCUT2D eigenvalue weighted by Crippen LogP contribution is 2.53. The van der Waals surface area contributed by atoms with Crippen LogP contribution in [-0.2, 0) is 104 Å². The zero-order valence-electron chi connectivity index (χ0n) is 51.5. The van der Waals surface area contributed by atoms with Gasteiger partial charge in [0.05, 0.1) is 74.5 Å². The standard InChI is InChI=1S/C57H82Cl2O31/c1-19-32(44(71-11)34(59)35(63)33(19)58)50(67)82-39-20(2)76-30(13-26(39)61)80-40-22(4)85-55(14-27(40)62)89-47-23(5)77-31(15-54(47,8)90-55)81-45-38(66)52(78-21(3)41(45)70-10)83-42-28(16-69-9)79-53(46(72-12)36(42)64)84-51-37(65)43-29(17-73-51)87-57(88-43)49-48(74-18-75-49)56(68,24(6)60)25(7)86-57/h20-23,25-31,36-43,45-49,51-53,61-66,68H,13-18H2,1-12H3/t20-,21-,22-,23-,25-,26-,27-,28-,29+,30+,31+,36+,37-,38-,39-,40-,41+,42-,43-,45-,46+,47-,48-,49-,51+,52+,53+,54-,55?,56+,57-/m1/s1. The van der Waals surface area contributed by atoms with Crippen molar-refractivity contribution < 1.29 is 150 Å². The monoisotopic (exact) mass is 1330 g/mol. The fourth-order valence-corrected chi connectivity index (χ4v) is 14.7. The molecule has 0 saturated carbocycles. The van der Waals surface area contributed by atoms with Crippen LogP contribution in [0.25, 0.3) is 0 Å². The Morgan fingerprint density at radius 1 is 0.644 bits per heavy atom. The second-order valence-corrected chi connectivity index (χ2v) is 25.4. The summed E-state index contributed by atoms with van der Waals surface area (Å²) in [7, 11) is 5.36. The number of fused-ring (bicyclic) bond motifs is 4. The molecule has 10 aliphatic rings. The third-order valence-corrected chi connectivity index (χ3v) is 19.5. The van der Waals surface area contributed by atoms with Crippen molar-refractivity contribution in [3.63, 3.8) is 0 Å². The highest BCUT2D eigenvalue weighted by molar-refractivity contribution is 6.39. The maximum atomic E-state index is 13.5. The van der Waals surface area contributed by atoms with Gasteiger partial charge >= 0.3 is 11.9 Å². The van der Waals surface area contributed by atoms with Crippen LogP contribution < -0.4 is 4.74 Å². The minimum Gasteiger partial charge on any atom is -0.505 e. The van der Waals surface area contributed by atoms with E-state index in [4.69, 9.17) is 127 Å². The summed E-state index contributed by atoms with van der Waals surface area (Å²) >= 11 is 12.5. The molecule has 7 N–H and O–H groups in total. The predicted octanol–water partition coefficient (Wildman–Crippen LogP) is -0.155. The Kier molecular flexibility index (Phi) is 20.3. The Labute approximate surface area is 527 Å². The molecule has 1 aromatic rings. The number of aromatic hydroxyl groups is 1. The van der Waals surface area contributed by atoms with E-state index in [1.54, 1.807) is 34.6 Å². The minimum absolute atomic E-state index is 0.0141. The number of esters is 1. The largest absolute Gasteiger partial charge is 0.505 e. The van der Waals surface area contributed by atoms with Gasteiger partial charge in [0.1, 0.15) is 102 Å². The number of ether oxygens (including phenoxy) is 22. The molecule has 1 unspecified atom stereocenters. The van der Waals surface area contributed by atoms with E-state index in [0.29, 0.717) is 0 Å². The van der Waals surface area contributed by atoms with Gasteiger partial charge in [0, 0.05) is 34.2 Å². The Morgan fingerprint density at radius 2 is 1.33 bits per heavy atom. The van der Waals surface area contributed by atoms with E-state index in [9.17, 15) is 45.3 Å². The number of benzene rings is 1. The third-order valence-electron chi connectivity index (χ3n) is 18.7.